The standard InChI is InChI=1S/C17H14ClF3N4/c18-16-17(23-9-12(8-22)24-16)25-5-3-10(4-6-25)15(21)13-2-1-11(19)7-14(13)20/h1-2,7,9-10,15H,3-6H2/t15-/m0/s1. The molecule has 0 radical (unpaired) electrons. The zero-order chi connectivity index (χ0) is 18.0. The number of piperidine rings is 1. The first-order valence-electron chi connectivity index (χ1n) is 7.76. The van der Waals surface area contributed by atoms with Crippen LogP contribution in [-0.2, 0) is 0 Å². The highest BCUT2D eigenvalue weighted by atomic mass is 35.5. The smallest absolute Gasteiger partial charge is 0.173 e. The molecule has 1 aromatic carbocycles. The molecule has 3 rings (SSSR count). The van der Waals surface area contributed by atoms with E-state index in [1.165, 1.54) is 6.20 Å². The van der Waals surface area contributed by atoms with Gasteiger partial charge in [0.2, 0.25) is 0 Å². The molecule has 0 bridgehead atoms. The predicted octanol–water partition coefficient (Wildman–Crippen LogP) is 4.21. The van der Waals surface area contributed by atoms with Crippen molar-refractivity contribution in [1.29, 1.82) is 5.26 Å². The van der Waals surface area contributed by atoms with Gasteiger partial charge in [0.05, 0.1) is 6.20 Å². The van der Waals surface area contributed by atoms with E-state index in [0.717, 1.165) is 12.1 Å². The van der Waals surface area contributed by atoms with Gasteiger partial charge in [-0.25, -0.2) is 23.1 Å². The normalized spacial score (nSPS) is 16.5. The van der Waals surface area contributed by atoms with E-state index in [0.29, 0.717) is 37.8 Å². The fraction of sp³-hybridized carbons (Fsp3) is 0.353. The summed E-state index contributed by atoms with van der Waals surface area (Å²) in [7, 11) is 0. The molecule has 8 heteroatoms. The Balaban J connectivity index is 1.68. The van der Waals surface area contributed by atoms with E-state index in [2.05, 4.69) is 9.97 Å². The molecule has 0 saturated carbocycles. The fourth-order valence-electron chi connectivity index (χ4n) is 3.01. The van der Waals surface area contributed by atoms with E-state index < -0.39 is 17.8 Å². The number of nitriles is 1. The second-order valence-corrected chi connectivity index (χ2v) is 6.23. The van der Waals surface area contributed by atoms with Crippen LogP contribution in [0.5, 0.6) is 0 Å². The van der Waals surface area contributed by atoms with E-state index in [9.17, 15) is 13.2 Å². The fourth-order valence-corrected chi connectivity index (χ4v) is 3.27. The first-order chi connectivity index (χ1) is 12.0. The molecule has 0 aliphatic carbocycles. The summed E-state index contributed by atoms with van der Waals surface area (Å²) in [6.07, 6.45) is 0.774. The summed E-state index contributed by atoms with van der Waals surface area (Å²) >= 11 is 6.05. The van der Waals surface area contributed by atoms with Crippen molar-refractivity contribution in [2.45, 2.75) is 19.0 Å². The van der Waals surface area contributed by atoms with Gasteiger partial charge in [0.1, 0.15) is 23.9 Å². The molecule has 2 heterocycles. The largest absolute Gasteiger partial charge is 0.354 e. The van der Waals surface area contributed by atoms with E-state index >= 15 is 0 Å². The molecule has 2 aromatic rings. The number of hydrogen-bond acceptors (Lipinski definition) is 4. The Bertz CT molecular complexity index is 816. The lowest BCUT2D eigenvalue weighted by Gasteiger charge is -2.34. The van der Waals surface area contributed by atoms with Crippen LogP contribution >= 0.6 is 11.6 Å². The quantitative estimate of drug-likeness (QED) is 0.816. The lowest BCUT2D eigenvalue weighted by atomic mass is 9.88. The Morgan fingerprint density at radius 3 is 2.60 bits per heavy atom. The van der Waals surface area contributed by atoms with Gasteiger partial charge in [0.15, 0.2) is 16.7 Å². The van der Waals surface area contributed by atoms with Crippen LogP contribution < -0.4 is 4.90 Å². The molecule has 1 aliphatic heterocycles. The van der Waals surface area contributed by atoms with Crippen molar-refractivity contribution in [2.75, 3.05) is 18.0 Å². The summed E-state index contributed by atoms with van der Waals surface area (Å²) in [5.74, 6) is -1.52. The Morgan fingerprint density at radius 1 is 1.28 bits per heavy atom. The van der Waals surface area contributed by atoms with Crippen molar-refractivity contribution in [3.63, 3.8) is 0 Å². The van der Waals surface area contributed by atoms with Gasteiger partial charge in [-0.05, 0) is 24.8 Å². The molecule has 1 aromatic heterocycles. The maximum atomic E-state index is 14.6. The molecule has 1 aliphatic rings. The number of nitrogens with zero attached hydrogens (tertiary/aromatic N) is 4. The molecule has 0 unspecified atom stereocenters. The van der Waals surface area contributed by atoms with E-state index in [4.69, 9.17) is 16.9 Å². The number of halogens is 4. The third-order valence-corrected chi connectivity index (χ3v) is 4.59. The van der Waals surface area contributed by atoms with Crippen LogP contribution in [0.2, 0.25) is 5.15 Å². The maximum Gasteiger partial charge on any atom is 0.173 e. The summed E-state index contributed by atoms with van der Waals surface area (Å²) in [5, 5.41) is 8.91. The lowest BCUT2D eigenvalue weighted by Crippen LogP contribution is -2.36. The topological polar surface area (TPSA) is 52.8 Å². The number of anilines is 1. The van der Waals surface area contributed by atoms with E-state index in [1.807, 2.05) is 11.0 Å². The van der Waals surface area contributed by atoms with Crippen molar-refractivity contribution < 1.29 is 13.2 Å². The van der Waals surface area contributed by atoms with Gasteiger partial charge >= 0.3 is 0 Å². The zero-order valence-corrected chi connectivity index (χ0v) is 13.8. The van der Waals surface area contributed by atoms with Gasteiger partial charge in [-0.1, -0.05) is 17.7 Å². The van der Waals surface area contributed by atoms with Crippen molar-refractivity contribution in [1.82, 2.24) is 9.97 Å². The van der Waals surface area contributed by atoms with Crippen molar-refractivity contribution in [3.8, 4) is 6.07 Å². The first kappa shape index (κ1) is 17.5. The number of aromatic nitrogens is 2. The van der Waals surface area contributed by atoms with E-state index in [-0.39, 0.29) is 22.3 Å². The Kier molecular flexibility index (Phi) is 5.09. The minimum absolute atomic E-state index is 0.115. The third kappa shape index (κ3) is 3.69. The number of hydrogen-bond donors (Lipinski definition) is 0. The maximum absolute atomic E-state index is 14.6. The summed E-state index contributed by atoms with van der Waals surface area (Å²) in [6, 6.07) is 4.78. The first-order valence-corrected chi connectivity index (χ1v) is 8.14. The van der Waals surface area contributed by atoms with Crippen molar-refractivity contribution in [3.05, 3.63) is 52.4 Å². The molecule has 0 N–H and O–H groups in total. The average Bonchev–Trinajstić information content (AvgIpc) is 2.61. The molecule has 1 saturated heterocycles. The van der Waals surface area contributed by atoms with Crippen LogP contribution in [0.15, 0.2) is 24.4 Å². The summed E-state index contributed by atoms with van der Waals surface area (Å²) in [6.45, 7) is 0.961. The molecule has 0 amide bonds. The third-order valence-electron chi connectivity index (χ3n) is 4.34. The molecular weight excluding hydrogens is 353 g/mol. The van der Waals surface area contributed by atoms with Gasteiger partial charge in [0.25, 0.3) is 0 Å². The van der Waals surface area contributed by atoms with Crippen LogP contribution in [0.4, 0.5) is 19.0 Å². The Labute approximate surface area is 147 Å². The van der Waals surface area contributed by atoms with Gasteiger partial charge in [-0.3, -0.25) is 0 Å². The van der Waals surface area contributed by atoms with Gasteiger partial charge in [-0.2, -0.15) is 5.26 Å². The number of alkyl halides is 1. The highest BCUT2D eigenvalue weighted by molar-refractivity contribution is 6.31. The van der Waals surface area contributed by atoms with Crippen LogP contribution in [0, 0.1) is 28.9 Å². The van der Waals surface area contributed by atoms with Crippen molar-refractivity contribution in [2.24, 2.45) is 5.92 Å². The van der Waals surface area contributed by atoms with Gasteiger partial charge in [0, 0.05) is 24.7 Å². The summed E-state index contributed by atoms with van der Waals surface area (Å²) in [5.41, 5.74) is 0.00953. The predicted molar refractivity (Wildman–Crippen MR) is 86.9 cm³/mol. The van der Waals surface area contributed by atoms with Gasteiger partial charge < -0.3 is 4.90 Å². The van der Waals surface area contributed by atoms with Gasteiger partial charge in [-0.15, -0.1) is 0 Å². The molecule has 1 atom stereocenters. The highest BCUT2D eigenvalue weighted by Crippen LogP contribution is 2.36. The minimum Gasteiger partial charge on any atom is -0.354 e. The van der Waals surface area contributed by atoms with Crippen molar-refractivity contribution >= 4 is 17.4 Å². The van der Waals surface area contributed by atoms with E-state index in [1.54, 1.807) is 0 Å². The molecule has 130 valence electrons. The van der Waals surface area contributed by atoms with Crippen LogP contribution in [0.25, 0.3) is 0 Å². The molecule has 4 nitrogen and oxygen atoms in total. The lowest BCUT2D eigenvalue weighted by molar-refractivity contribution is 0.193. The molecule has 1 fully saturated rings. The Hall–Kier alpha value is -2.33. The SMILES string of the molecule is N#Cc1cnc(N2CCC([C@H](F)c3ccc(F)cc3F)CC2)c(Cl)n1. The van der Waals surface area contributed by atoms with Crippen LogP contribution in [0.1, 0.15) is 30.3 Å². The molecular formula is C17H14ClF3N4. The number of rotatable bonds is 3. The second kappa shape index (κ2) is 7.28. The number of benzene rings is 1. The van der Waals surface area contributed by atoms with Crippen LogP contribution in [-0.4, -0.2) is 23.1 Å². The summed E-state index contributed by atoms with van der Waals surface area (Å²) in [4.78, 5) is 9.93. The minimum atomic E-state index is -1.50. The summed E-state index contributed by atoms with van der Waals surface area (Å²) < 4.78 is 41.4. The Morgan fingerprint density at radius 2 is 2.00 bits per heavy atom. The monoisotopic (exact) mass is 366 g/mol. The zero-order valence-electron chi connectivity index (χ0n) is 13.1. The second-order valence-electron chi connectivity index (χ2n) is 5.87. The average molecular weight is 367 g/mol. The molecule has 25 heavy (non-hydrogen) atoms. The van der Waals surface area contributed by atoms with Crippen LogP contribution in [0.3, 0.4) is 0 Å². The highest BCUT2D eigenvalue weighted by Gasteiger charge is 2.30. The molecule has 0 spiro atoms.